The lowest BCUT2D eigenvalue weighted by atomic mass is 9.98. The largest absolute Gasteiger partial charge is 0.480 e. The monoisotopic (exact) mass is 258 g/mol. The number of amides is 1. The fourth-order valence-electron chi connectivity index (χ4n) is 2.10. The third-order valence-electron chi connectivity index (χ3n) is 2.82. The van der Waals surface area contributed by atoms with Crippen LogP contribution in [0.15, 0.2) is 5.16 Å². The Bertz CT molecular complexity index is 407. The number of carboxylic acid groups (broad SMARTS) is 1. The number of hydrogen-bond donors (Lipinski definition) is 1. The van der Waals surface area contributed by atoms with Gasteiger partial charge in [-0.05, 0) is 20.8 Å². The highest BCUT2D eigenvalue weighted by molar-refractivity contribution is 8.02. The van der Waals surface area contributed by atoms with Crippen LogP contribution in [-0.4, -0.2) is 50.4 Å². The number of fused-ring (bicyclic) bond motifs is 1. The molecule has 2 rings (SSSR count). The summed E-state index contributed by atoms with van der Waals surface area (Å²) in [6.07, 6.45) is 0. The zero-order valence-electron chi connectivity index (χ0n) is 9.84. The molecule has 2 heterocycles. The summed E-state index contributed by atoms with van der Waals surface area (Å²) < 4.78 is -0.518. The predicted octanol–water partition coefficient (Wildman–Crippen LogP) is 0.526. The minimum absolute atomic E-state index is 0.287. The third kappa shape index (κ3) is 1.69. The summed E-state index contributed by atoms with van der Waals surface area (Å²) in [7, 11) is 0. The van der Waals surface area contributed by atoms with Gasteiger partial charge in [-0.2, -0.15) is 0 Å². The number of carboxylic acids is 1. The Balaban J connectivity index is 2.25. The molecule has 2 atom stereocenters. The number of hydrogen-bond acceptors (Lipinski definition) is 5. The van der Waals surface area contributed by atoms with E-state index < -0.39 is 16.8 Å². The smallest absolute Gasteiger partial charge is 0.327 e. The molecule has 1 amide bonds. The Morgan fingerprint density at radius 2 is 2.29 bits per heavy atom. The number of nitrogens with zero attached hydrogens (tertiary/aromatic N) is 2. The number of carbonyl (C=O) groups excluding carboxylic acids is 1. The summed E-state index contributed by atoms with van der Waals surface area (Å²) in [6.45, 7) is 5.80. The van der Waals surface area contributed by atoms with Crippen molar-refractivity contribution in [1.29, 1.82) is 0 Å². The normalized spacial score (nSPS) is 32.3. The standard InChI is InChI=1S/C10H14N2O4S/c1-4-16-11-5-7(13)12-6(9(14)15)10(2,3)17-8(5)12/h6,8H,4H2,1-3H3,(H,14,15)/b11-5+/t6-,8+/m0/s1. The molecule has 0 aromatic rings. The van der Waals surface area contributed by atoms with Gasteiger partial charge in [-0.15, -0.1) is 11.8 Å². The highest BCUT2D eigenvalue weighted by Gasteiger charge is 2.62. The number of β-lactam (4-membered cyclic amide) rings is 1. The van der Waals surface area contributed by atoms with Gasteiger partial charge in [-0.3, -0.25) is 4.79 Å². The lowest BCUT2D eigenvalue weighted by molar-refractivity contribution is -0.150. The van der Waals surface area contributed by atoms with E-state index in [2.05, 4.69) is 5.16 Å². The van der Waals surface area contributed by atoms with Gasteiger partial charge >= 0.3 is 5.97 Å². The minimum atomic E-state index is -0.978. The predicted molar refractivity (Wildman–Crippen MR) is 62.8 cm³/mol. The molecule has 1 N–H and O–H groups in total. The minimum Gasteiger partial charge on any atom is -0.480 e. The molecule has 0 spiro atoms. The highest BCUT2D eigenvalue weighted by atomic mass is 32.2. The Labute approximate surface area is 103 Å². The maximum Gasteiger partial charge on any atom is 0.327 e. The molecular weight excluding hydrogens is 244 g/mol. The SMILES string of the molecule is CCO/N=C1\C(=O)N2[C@@H]1SC(C)(C)[C@@H]2C(=O)O. The molecule has 2 saturated heterocycles. The van der Waals surface area contributed by atoms with E-state index in [4.69, 9.17) is 4.84 Å². The van der Waals surface area contributed by atoms with Crippen LogP contribution in [0.5, 0.6) is 0 Å². The van der Waals surface area contributed by atoms with Crippen LogP contribution >= 0.6 is 11.8 Å². The van der Waals surface area contributed by atoms with Gasteiger partial charge in [0, 0.05) is 4.75 Å². The van der Waals surface area contributed by atoms with Crippen LogP contribution < -0.4 is 0 Å². The molecule has 0 aromatic carbocycles. The first-order valence-corrected chi connectivity index (χ1v) is 6.21. The van der Waals surface area contributed by atoms with E-state index in [1.165, 1.54) is 16.7 Å². The average molecular weight is 258 g/mol. The van der Waals surface area contributed by atoms with Gasteiger partial charge in [0.1, 0.15) is 18.0 Å². The van der Waals surface area contributed by atoms with Crippen LogP contribution in [0.25, 0.3) is 0 Å². The fourth-order valence-corrected chi connectivity index (χ4v) is 3.60. The third-order valence-corrected chi connectivity index (χ3v) is 4.32. The van der Waals surface area contributed by atoms with Crippen molar-refractivity contribution in [2.75, 3.05) is 6.61 Å². The number of rotatable bonds is 3. The number of aliphatic carboxylic acids is 1. The van der Waals surface area contributed by atoms with Crippen molar-refractivity contribution < 1.29 is 19.5 Å². The lowest BCUT2D eigenvalue weighted by Gasteiger charge is -2.36. The van der Waals surface area contributed by atoms with E-state index >= 15 is 0 Å². The van der Waals surface area contributed by atoms with Crippen molar-refractivity contribution in [3.05, 3.63) is 0 Å². The maximum atomic E-state index is 11.8. The van der Waals surface area contributed by atoms with Gasteiger partial charge in [0.25, 0.3) is 5.91 Å². The molecule has 0 aromatic heterocycles. The number of oxime groups is 1. The second-order valence-electron chi connectivity index (χ2n) is 4.42. The summed E-state index contributed by atoms with van der Waals surface area (Å²) >= 11 is 1.43. The summed E-state index contributed by atoms with van der Waals surface area (Å²) in [5, 5.41) is 12.6. The number of carbonyl (C=O) groups is 2. The van der Waals surface area contributed by atoms with Crippen molar-refractivity contribution in [2.45, 2.75) is 36.9 Å². The zero-order valence-corrected chi connectivity index (χ0v) is 10.7. The van der Waals surface area contributed by atoms with Crippen LogP contribution in [0.2, 0.25) is 0 Å². The molecule has 2 aliphatic heterocycles. The molecule has 0 unspecified atom stereocenters. The number of thioether (sulfide) groups is 1. The topological polar surface area (TPSA) is 79.2 Å². The van der Waals surface area contributed by atoms with Gasteiger partial charge in [0.2, 0.25) is 0 Å². The zero-order chi connectivity index (χ0) is 12.8. The average Bonchev–Trinajstić information content (AvgIpc) is 2.48. The summed E-state index contributed by atoms with van der Waals surface area (Å²) in [5.74, 6) is -1.32. The molecule has 0 bridgehead atoms. The van der Waals surface area contributed by atoms with Gasteiger partial charge in [0.05, 0.1) is 0 Å². The van der Waals surface area contributed by atoms with Gasteiger partial charge in [-0.1, -0.05) is 5.16 Å². The molecule has 6 nitrogen and oxygen atoms in total. The summed E-state index contributed by atoms with van der Waals surface area (Å²) in [6, 6.07) is -0.800. The first-order valence-electron chi connectivity index (χ1n) is 5.33. The molecule has 2 aliphatic rings. The Hall–Kier alpha value is -1.24. The Kier molecular flexibility index (Phi) is 2.81. The molecular formula is C10H14N2O4S. The van der Waals surface area contributed by atoms with Crippen molar-refractivity contribution >= 4 is 29.4 Å². The van der Waals surface area contributed by atoms with Crippen LogP contribution in [-0.2, 0) is 14.4 Å². The molecule has 2 fully saturated rings. The second kappa shape index (κ2) is 3.90. The Morgan fingerprint density at radius 1 is 1.65 bits per heavy atom. The van der Waals surface area contributed by atoms with E-state index in [9.17, 15) is 14.7 Å². The molecule has 0 radical (unpaired) electrons. The van der Waals surface area contributed by atoms with Crippen LogP contribution in [0.3, 0.4) is 0 Å². The summed E-state index contributed by atoms with van der Waals surface area (Å²) in [5.41, 5.74) is 0.314. The lowest BCUT2D eigenvalue weighted by Crippen LogP contribution is -2.63. The van der Waals surface area contributed by atoms with Crippen LogP contribution in [0.1, 0.15) is 20.8 Å². The van der Waals surface area contributed by atoms with E-state index in [0.717, 1.165) is 0 Å². The fraction of sp³-hybridized carbons (Fsp3) is 0.700. The van der Waals surface area contributed by atoms with Gasteiger partial charge in [-0.25, -0.2) is 4.79 Å². The highest BCUT2D eigenvalue weighted by Crippen LogP contribution is 2.49. The van der Waals surface area contributed by atoms with Crippen molar-refractivity contribution in [3.63, 3.8) is 0 Å². The van der Waals surface area contributed by atoms with Crippen molar-refractivity contribution in [2.24, 2.45) is 5.16 Å². The molecule has 17 heavy (non-hydrogen) atoms. The second-order valence-corrected chi connectivity index (χ2v) is 6.16. The van der Waals surface area contributed by atoms with Gasteiger partial charge in [0.15, 0.2) is 5.71 Å². The van der Waals surface area contributed by atoms with Crippen LogP contribution in [0, 0.1) is 0 Å². The first-order chi connectivity index (χ1) is 7.90. The molecule has 0 aliphatic carbocycles. The maximum absolute atomic E-state index is 11.8. The van der Waals surface area contributed by atoms with Crippen molar-refractivity contribution in [1.82, 2.24) is 4.90 Å². The van der Waals surface area contributed by atoms with E-state index in [1.54, 1.807) is 6.92 Å². The first kappa shape index (κ1) is 12.2. The molecule has 94 valence electrons. The molecule has 0 saturated carbocycles. The Morgan fingerprint density at radius 3 is 2.82 bits per heavy atom. The quantitative estimate of drug-likeness (QED) is 0.590. The van der Waals surface area contributed by atoms with E-state index in [-0.39, 0.29) is 11.3 Å². The molecule has 7 heteroatoms. The van der Waals surface area contributed by atoms with Crippen molar-refractivity contribution in [3.8, 4) is 0 Å². The summed E-state index contributed by atoms with van der Waals surface area (Å²) in [4.78, 5) is 29.2. The van der Waals surface area contributed by atoms with E-state index in [1.807, 2.05) is 13.8 Å². The van der Waals surface area contributed by atoms with Gasteiger partial charge < -0.3 is 14.8 Å². The van der Waals surface area contributed by atoms with E-state index in [0.29, 0.717) is 12.3 Å². The van der Waals surface area contributed by atoms with Crippen LogP contribution in [0.4, 0.5) is 0 Å².